The minimum atomic E-state index is -0.573. The van der Waals surface area contributed by atoms with E-state index in [0.29, 0.717) is 28.7 Å². The molecule has 0 aliphatic rings. The Kier molecular flexibility index (Phi) is 4.71. The average Bonchev–Trinajstić information content (AvgIpc) is 2.62. The summed E-state index contributed by atoms with van der Waals surface area (Å²) < 4.78 is 15.7. The monoisotopic (exact) mass is 355 g/mol. The highest BCUT2D eigenvalue weighted by Gasteiger charge is 2.15. The molecule has 0 saturated carbocycles. The summed E-state index contributed by atoms with van der Waals surface area (Å²) in [6.45, 7) is 3.43. The number of hydrogen-bond donors (Lipinski definition) is 1. The van der Waals surface area contributed by atoms with Crippen molar-refractivity contribution in [2.45, 2.75) is 26.9 Å². The molecule has 26 heavy (non-hydrogen) atoms. The summed E-state index contributed by atoms with van der Waals surface area (Å²) in [6, 6.07) is 10.8. The molecule has 0 spiro atoms. The van der Waals surface area contributed by atoms with Gasteiger partial charge in [0.1, 0.15) is 12.4 Å². The van der Waals surface area contributed by atoms with Crippen LogP contribution in [0.15, 0.2) is 52.1 Å². The number of hydrogen-bond acceptors (Lipinski definition) is 3. The van der Waals surface area contributed by atoms with Crippen LogP contribution in [-0.4, -0.2) is 15.0 Å². The van der Waals surface area contributed by atoms with Gasteiger partial charge in [-0.3, -0.25) is 18.7 Å². The molecule has 3 aromatic rings. The van der Waals surface area contributed by atoms with Gasteiger partial charge in [0.25, 0.3) is 5.56 Å². The van der Waals surface area contributed by atoms with Gasteiger partial charge in [-0.2, -0.15) is 0 Å². The van der Waals surface area contributed by atoms with E-state index in [1.807, 2.05) is 0 Å². The number of rotatable bonds is 4. The van der Waals surface area contributed by atoms with Crippen molar-refractivity contribution in [1.29, 1.82) is 0 Å². The molecule has 0 aliphatic heterocycles. The van der Waals surface area contributed by atoms with Crippen molar-refractivity contribution in [3.63, 3.8) is 0 Å². The Hall–Kier alpha value is -3.22. The topological polar surface area (TPSA) is 73.1 Å². The molecule has 0 bridgehead atoms. The number of carbonyl (C=O) groups excluding carboxylic acids is 1. The van der Waals surface area contributed by atoms with Crippen LogP contribution in [0, 0.1) is 12.7 Å². The Morgan fingerprint density at radius 2 is 1.85 bits per heavy atom. The third-order valence-electron chi connectivity index (χ3n) is 4.22. The van der Waals surface area contributed by atoms with E-state index in [0.717, 1.165) is 4.57 Å². The van der Waals surface area contributed by atoms with E-state index in [2.05, 4.69) is 5.32 Å². The van der Waals surface area contributed by atoms with E-state index in [-0.39, 0.29) is 0 Å². The highest BCUT2D eigenvalue weighted by Crippen LogP contribution is 2.16. The van der Waals surface area contributed by atoms with Gasteiger partial charge in [-0.25, -0.2) is 9.18 Å². The second kappa shape index (κ2) is 6.95. The maximum Gasteiger partial charge on any atom is 0.331 e. The van der Waals surface area contributed by atoms with Crippen LogP contribution in [0.5, 0.6) is 0 Å². The lowest BCUT2D eigenvalue weighted by Gasteiger charge is -2.13. The van der Waals surface area contributed by atoms with Crippen molar-refractivity contribution in [3.8, 4) is 0 Å². The van der Waals surface area contributed by atoms with Crippen LogP contribution >= 0.6 is 0 Å². The Bertz CT molecular complexity index is 1120. The largest absolute Gasteiger partial charge is 0.331 e. The van der Waals surface area contributed by atoms with Gasteiger partial charge in [0.2, 0.25) is 5.91 Å². The fraction of sp³-hybridized carbons (Fsp3) is 0.211. The molecule has 134 valence electrons. The number of para-hydroxylation sites is 1. The first-order valence-electron chi connectivity index (χ1n) is 8.20. The predicted octanol–water partition coefficient (Wildman–Crippen LogP) is 2.27. The first-order valence-corrected chi connectivity index (χ1v) is 8.20. The first kappa shape index (κ1) is 17.6. The number of aromatic nitrogens is 2. The highest BCUT2D eigenvalue weighted by molar-refractivity contribution is 5.91. The van der Waals surface area contributed by atoms with Gasteiger partial charge in [0, 0.05) is 12.2 Å². The minimum absolute atomic E-state index is 0.305. The molecular weight excluding hydrogens is 337 g/mol. The molecule has 1 N–H and O–H groups in total. The van der Waals surface area contributed by atoms with E-state index in [1.165, 1.54) is 22.8 Å². The lowest BCUT2D eigenvalue weighted by Crippen LogP contribution is -2.42. The smallest absolute Gasteiger partial charge is 0.324 e. The normalized spacial score (nSPS) is 10.9. The number of nitrogens with one attached hydrogen (secondary N) is 1. The van der Waals surface area contributed by atoms with Gasteiger partial charge in [-0.15, -0.1) is 0 Å². The highest BCUT2D eigenvalue weighted by atomic mass is 19.1. The fourth-order valence-corrected chi connectivity index (χ4v) is 2.88. The number of nitrogens with zero attached hydrogens (tertiary/aromatic N) is 2. The maximum absolute atomic E-state index is 13.4. The number of anilines is 1. The summed E-state index contributed by atoms with van der Waals surface area (Å²) in [4.78, 5) is 37.6. The van der Waals surface area contributed by atoms with Gasteiger partial charge in [-0.05, 0) is 43.7 Å². The van der Waals surface area contributed by atoms with Gasteiger partial charge >= 0.3 is 5.69 Å². The Labute approximate surface area is 148 Å². The second-order valence-corrected chi connectivity index (χ2v) is 5.94. The van der Waals surface area contributed by atoms with Crippen molar-refractivity contribution in [2.24, 2.45) is 0 Å². The maximum atomic E-state index is 13.4. The lowest BCUT2D eigenvalue weighted by molar-refractivity contribution is -0.116. The van der Waals surface area contributed by atoms with E-state index in [1.54, 1.807) is 38.1 Å². The zero-order valence-electron chi connectivity index (χ0n) is 14.5. The van der Waals surface area contributed by atoms with Crippen molar-refractivity contribution in [3.05, 3.63) is 74.7 Å². The van der Waals surface area contributed by atoms with Crippen molar-refractivity contribution in [1.82, 2.24) is 9.13 Å². The second-order valence-electron chi connectivity index (χ2n) is 5.94. The number of fused-ring (bicyclic) bond motifs is 1. The molecule has 0 atom stereocenters. The van der Waals surface area contributed by atoms with E-state index in [4.69, 9.17) is 0 Å². The van der Waals surface area contributed by atoms with Gasteiger partial charge in [0.05, 0.1) is 10.9 Å². The molecule has 0 unspecified atom stereocenters. The van der Waals surface area contributed by atoms with Crippen LogP contribution in [-0.2, 0) is 17.9 Å². The zero-order chi connectivity index (χ0) is 18.8. The van der Waals surface area contributed by atoms with Crippen molar-refractivity contribution >= 4 is 22.5 Å². The van der Waals surface area contributed by atoms with E-state index >= 15 is 0 Å². The summed E-state index contributed by atoms with van der Waals surface area (Å²) in [6.07, 6.45) is 0. The standard InChI is InChI=1S/C19H18FN3O3/c1-3-22-16-7-5-4-6-14(16)18(25)23(19(22)26)11-17(24)21-15-10-13(20)9-8-12(15)2/h4-10H,3,11H2,1-2H3,(H,21,24). The summed E-state index contributed by atoms with van der Waals surface area (Å²) in [5, 5.41) is 2.92. The molecule has 6 nitrogen and oxygen atoms in total. The van der Waals surface area contributed by atoms with Crippen molar-refractivity contribution < 1.29 is 9.18 Å². The van der Waals surface area contributed by atoms with Crippen LogP contribution in [0.3, 0.4) is 0 Å². The molecule has 1 aromatic heterocycles. The molecule has 2 aromatic carbocycles. The first-order chi connectivity index (χ1) is 12.4. The molecule has 0 aliphatic carbocycles. The fourth-order valence-electron chi connectivity index (χ4n) is 2.88. The van der Waals surface area contributed by atoms with Crippen LogP contribution in [0.4, 0.5) is 10.1 Å². The number of halogens is 1. The summed E-state index contributed by atoms with van der Waals surface area (Å²) in [5.74, 6) is -1.06. The predicted molar refractivity (Wildman–Crippen MR) is 97.9 cm³/mol. The number of carbonyl (C=O) groups is 1. The van der Waals surface area contributed by atoms with Gasteiger partial charge < -0.3 is 5.32 Å². The third kappa shape index (κ3) is 3.15. The van der Waals surface area contributed by atoms with E-state index < -0.39 is 29.5 Å². The number of aryl methyl sites for hydroxylation is 2. The van der Waals surface area contributed by atoms with Crippen LogP contribution in [0.1, 0.15) is 12.5 Å². The zero-order valence-corrected chi connectivity index (χ0v) is 14.5. The Morgan fingerprint density at radius 3 is 2.58 bits per heavy atom. The molecule has 7 heteroatoms. The minimum Gasteiger partial charge on any atom is -0.324 e. The number of benzene rings is 2. The Balaban J connectivity index is 2.01. The average molecular weight is 355 g/mol. The van der Waals surface area contributed by atoms with Crippen molar-refractivity contribution in [2.75, 3.05) is 5.32 Å². The summed E-state index contributed by atoms with van der Waals surface area (Å²) in [7, 11) is 0. The van der Waals surface area contributed by atoms with Gasteiger partial charge in [-0.1, -0.05) is 18.2 Å². The van der Waals surface area contributed by atoms with E-state index in [9.17, 15) is 18.8 Å². The van der Waals surface area contributed by atoms with Crippen LogP contribution in [0.25, 0.3) is 10.9 Å². The molecule has 0 radical (unpaired) electrons. The molecule has 3 rings (SSSR count). The SMILES string of the molecule is CCn1c(=O)n(CC(=O)Nc2cc(F)ccc2C)c(=O)c2ccccc21. The molecular formula is C19H18FN3O3. The Morgan fingerprint density at radius 1 is 1.12 bits per heavy atom. The van der Waals surface area contributed by atoms with Gasteiger partial charge in [0.15, 0.2) is 0 Å². The molecule has 1 amide bonds. The summed E-state index contributed by atoms with van der Waals surface area (Å²) in [5.41, 5.74) is 0.433. The third-order valence-corrected chi connectivity index (χ3v) is 4.22. The molecule has 1 heterocycles. The quantitative estimate of drug-likeness (QED) is 0.780. The molecule has 0 saturated heterocycles. The molecule has 0 fully saturated rings. The summed E-state index contributed by atoms with van der Waals surface area (Å²) >= 11 is 0. The van der Waals surface area contributed by atoms with Crippen LogP contribution in [0.2, 0.25) is 0 Å². The number of amides is 1. The van der Waals surface area contributed by atoms with Crippen LogP contribution < -0.4 is 16.6 Å². The lowest BCUT2D eigenvalue weighted by atomic mass is 10.2.